The summed E-state index contributed by atoms with van der Waals surface area (Å²) in [7, 11) is 0. The Bertz CT molecular complexity index is 1170. The number of carboxylic acid groups (broad SMARTS) is 1. The Hall–Kier alpha value is -2.85. The highest BCUT2D eigenvalue weighted by Crippen LogP contribution is 2.41. The number of nitrogens with zero attached hydrogens (tertiary/aromatic N) is 5. The molecule has 0 radical (unpaired) electrons. The maximum Gasteiger partial charge on any atom is 0.433 e. The molecule has 0 saturated carbocycles. The van der Waals surface area contributed by atoms with Crippen LogP contribution in [0.4, 0.5) is 13.2 Å². The van der Waals surface area contributed by atoms with Crippen LogP contribution >= 0.6 is 23.5 Å². The number of thioether (sulfide) groups is 2. The lowest BCUT2D eigenvalue weighted by Crippen LogP contribution is -2.68. The van der Waals surface area contributed by atoms with E-state index in [4.69, 9.17) is 11.5 Å². The summed E-state index contributed by atoms with van der Waals surface area (Å²) < 4.78 is 40.8. The van der Waals surface area contributed by atoms with E-state index in [0.29, 0.717) is 16.2 Å². The molecule has 2 aliphatic rings. The number of amides is 2. The van der Waals surface area contributed by atoms with Gasteiger partial charge >= 0.3 is 12.1 Å². The molecule has 0 bridgehead atoms. The number of fused-ring (bicyclic) bond motifs is 2. The van der Waals surface area contributed by atoms with E-state index < -0.39 is 52.7 Å². The molecule has 11 nitrogen and oxygen atoms in total. The Morgan fingerprint density at radius 1 is 1.35 bits per heavy atom. The van der Waals surface area contributed by atoms with Gasteiger partial charge in [0.05, 0.1) is 0 Å². The number of aromatic nitrogens is 4. The number of carbonyl (C=O) groups excluding carboxylic acids is 2. The molecule has 2 aromatic heterocycles. The van der Waals surface area contributed by atoms with Crippen molar-refractivity contribution in [1.82, 2.24) is 24.5 Å². The standard InChI is InChI=1S/C15H12F3N7O4S2/c16-15(17,18)5-1-6(21-14-22-10(9(20)26)23-25(5)14)30-2-4-3-31-12-7(19)11(27)24(12)8(4)13(28)29/h1,7,12H,2-3,19H2,(H2,20,26)(H,28,29)/t7-,12-/m1/s1. The fourth-order valence-electron chi connectivity index (χ4n) is 3.08. The van der Waals surface area contributed by atoms with Crippen LogP contribution in [0.2, 0.25) is 0 Å². The van der Waals surface area contributed by atoms with Crippen LogP contribution in [-0.4, -0.2) is 70.3 Å². The first kappa shape index (κ1) is 21.4. The number of rotatable bonds is 5. The van der Waals surface area contributed by atoms with Gasteiger partial charge in [0, 0.05) is 17.6 Å². The molecule has 0 spiro atoms. The average Bonchev–Trinajstić information content (AvgIpc) is 3.13. The molecule has 2 atom stereocenters. The van der Waals surface area contributed by atoms with Gasteiger partial charge in [0.25, 0.3) is 11.7 Å². The summed E-state index contributed by atoms with van der Waals surface area (Å²) in [5.41, 5.74) is 9.60. The van der Waals surface area contributed by atoms with E-state index in [2.05, 4.69) is 15.1 Å². The van der Waals surface area contributed by atoms with E-state index in [0.717, 1.165) is 16.7 Å². The minimum Gasteiger partial charge on any atom is -0.477 e. The van der Waals surface area contributed by atoms with Gasteiger partial charge in [-0.3, -0.25) is 14.5 Å². The van der Waals surface area contributed by atoms with Gasteiger partial charge in [0.2, 0.25) is 11.7 Å². The molecule has 5 N–H and O–H groups in total. The summed E-state index contributed by atoms with van der Waals surface area (Å²) in [6, 6.07) is -0.0823. The zero-order valence-corrected chi connectivity index (χ0v) is 16.8. The second-order valence-electron chi connectivity index (χ2n) is 6.47. The lowest BCUT2D eigenvalue weighted by atomic mass is 10.0. The molecule has 0 aromatic carbocycles. The largest absolute Gasteiger partial charge is 0.477 e. The summed E-state index contributed by atoms with van der Waals surface area (Å²) in [5.74, 6) is -3.89. The molecule has 16 heteroatoms. The molecule has 4 heterocycles. The SMILES string of the molecule is NC(=O)c1nc2nc(SCC3=C(C(=O)O)N4C(=O)[C@@H](N)[C@H]4SC3)cc(C(F)(F)F)n2n1. The zero-order chi connectivity index (χ0) is 22.7. The minimum absolute atomic E-state index is 0.0440. The van der Waals surface area contributed by atoms with E-state index in [1.54, 1.807) is 0 Å². The minimum atomic E-state index is -4.83. The van der Waals surface area contributed by atoms with E-state index in [9.17, 15) is 32.7 Å². The molecule has 2 aliphatic heterocycles. The van der Waals surface area contributed by atoms with E-state index >= 15 is 0 Å². The zero-order valence-electron chi connectivity index (χ0n) is 15.2. The highest BCUT2D eigenvalue weighted by atomic mass is 32.2. The monoisotopic (exact) mass is 475 g/mol. The normalized spacial score (nSPS) is 21.3. The van der Waals surface area contributed by atoms with E-state index in [-0.39, 0.29) is 22.2 Å². The molecule has 31 heavy (non-hydrogen) atoms. The number of aliphatic carboxylic acids is 1. The third-order valence-corrected chi connectivity index (χ3v) is 6.84. The van der Waals surface area contributed by atoms with Crippen molar-refractivity contribution < 1.29 is 32.7 Å². The smallest absolute Gasteiger partial charge is 0.433 e. The van der Waals surface area contributed by atoms with Gasteiger partial charge in [0.1, 0.15) is 22.1 Å². The fraction of sp³-hybridized carbons (Fsp3) is 0.333. The first-order valence-electron chi connectivity index (χ1n) is 8.42. The van der Waals surface area contributed by atoms with Gasteiger partial charge in [-0.25, -0.2) is 9.78 Å². The molecular weight excluding hydrogens is 463 g/mol. The van der Waals surface area contributed by atoms with Crippen LogP contribution in [0.25, 0.3) is 5.78 Å². The molecule has 0 aliphatic carbocycles. The molecule has 0 unspecified atom stereocenters. The van der Waals surface area contributed by atoms with Crippen molar-refractivity contribution in [2.45, 2.75) is 22.6 Å². The lowest BCUT2D eigenvalue weighted by Gasteiger charge is -2.48. The predicted molar refractivity (Wildman–Crippen MR) is 101 cm³/mol. The summed E-state index contributed by atoms with van der Waals surface area (Å²) in [6.07, 6.45) is -4.83. The highest BCUT2D eigenvalue weighted by Gasteiger charge is 2.51. The van der Waals surface area contributed by atoms with Crippen molar-refractivity contribution in [3.63, 3.8) is 0 Å². The third kappa shape index (κ3) is 3.59. The summed E-state index contributed by atoms with van der Waals surface area (Å²) in [6.45, 7) is 0. The van der Waals surface area contributed by atoms with Crippen LogP contribution < -0.4 is 11.5 Å². The molecule has 2 aromatic rings. The average molecular weight is 475 g/mol. The van der Waals surface area contributed by atoms with Gasteiger partial charge in [0.15, 0.2) is 5.69 Å². The number of alkyl halides is 3. The number of nitrogens with two attached hydrogens (primary N) is 2. The van der Waals surface area contributed by atoms with Crippen LogP contribution in [0.15, 0.2) is 22.4 Å². The number of hydrogen-bond donors (Lipinski definition) is 3. The quantitative estimate of drug-likeness (QED) is 0.302. The van der Waals surface area contributed by atoms with Gasteiger partial charge in [-0.1, -0.05) is 0 Å². The van der Waals surface area contributed by atoms with Crippen molar-refractivity contribution >= 4 is 47.1 Å². The molecule has 2 amide bonds. The molecular formula is C15H12F3N7O4S2. The second-order valence-corrected chi connectivity index (χ2v) is 8.57. The Morgan fingerprint density at radius 3 is 2.68 bits per heavy atom. The first-order valence-corrected chi connectivity index (χ1v) is 10.5. The van der Waals surface area contributed by atoms with Crippen LogP contribution in [-0.2, 0) is 15.8 Å². The van der Waals surface area contributed by atoms with Crippen molar-refractivity contribution in [1.29, 1.82) is 0 Å². The van der Waals surface area contributed by atoms with Gasteiger partial charge in [-0.2, -0.15) is 22.7 Å². The number of hydrogen-bond acceptors (Lipinski definition) is 9. The maximum atomic E-state index is 13.5. The first-order chi connectivity index (χ1) is 14.5. The summed E-state index contributed by atoms with van der Waals surface area (Å²) >= 11 is 2.10. The number of primary amides is 1. The Morgan fingerprint density at radius 2 is 2.06 bits per heavy atom. The van der Waals surface area contributed by atoms with Crippen LogP contribution in [0.3, 0.4) is 0 Å². The van der Waals surface area contributed by atoms with Crippen LogP contribution in [0, 0.1) is 0 Å². The third-order valence-electron chi connectivity index (χ3n) is 4.48. The van der Waals surface area contributed by atoms with Gasteiger partial charge < -0.3 is 16.6 Å². The Balaban J connectivity index is 1.68. The predicted octanol–water partition coefficient (Wildman–Crippen LogP) is -0.0848. The number of β-lactam (4-membered cyclic amide) rings is 1. The van der Waals surface area contributed by atoms with Crippen molar-refractivity contribution in [3.8, 4) is 0 Å². The maximum absolute atomic E-state index is 13.5. The summed E-state index contributed by atoms with van der Waals surface area (Å²) in [5, 5.41) is 12.4. The lowest BCUT2D eigenvalue weighted by molar-refractivity contribution is -0.147. The van der Waals surface area contributed by atoms with Crippen molar-refractivity contribution in [3.05, 3.63) is 28.9 Å². The van der Waals surface area contributed by atoms with Gasteiger partial charge in [-0.15, -0.1) is 28.6 Å². The molecule has 4 rings (SSSR count). The Labute approximate surface area is 179 Å². The molecule has 164 valence electrons. The van der Waals surface area contributed by atoms with Crippen LogP contribution in [0.5, 0.6) is 0 Å². The molecule has 1 fully saturated rings. The van der Waals surface area contributed by atoms with E-state index in [1.807, 2.05) is 0 Å². The second kappa shape index (κ2) is 7.38. The summed E-state index contributed by atoms with van der Waals surface area (Å²) in [4.78, 5) is 43.6. The van der Waals surface area contributed by atoms with Crippen molar-refractivity contribution in [2.24, 2.45) is 11.5 Å². The fourth-order valence-corrected chi connectivity index (χ4v) is 5.40. The molecule has 1 saturated heterocycles. The number of carbonyl (C=O) groups is 3. The van der Waals surface area contributed by atoms with E-state index in [1.165, 1.54) is 11.8 Å². The highest BCUT2D eigenvalue weighted by molar-refractivity contribution is 8.01. The van der Waals surface area contributed by atoms with Crippen LogP contribution in [0.1, 0.15) is 16.3 Å². The number of halogens is 3. The van der Waals surface area contributed by atoms with Crippen molar-refractivity contribution in [2.75, 3.05) is 11.5 Å². The number of carboxylic acids is 1. The topological polar surface area (TPSA) is 170 Å². The Kier molecular flexibility index (Phi) is 5.09. The van der Waals surface area contributed by atoms with Gasteiger partial charge in [-0.05, 0) is 5.57 Å².